The first-order valence-corrected chi connectivity index (χ1v) is 12.9. The van der Waals surface area contributed by atoms with Gasteiger partial charge in [0.15, 0.2) is 5.16 Å². The molecule has 0 saturated carbocycles. The monoisotopic (exact) mass is 513 g/mol. The quantitative estimate of drug-likeness (QED) is 0.300. The van der Waals surface area contributed by atoms with Crippen LogP contribution in [0.1, 0.15) is 25.0 Å². The lowest BCUT2D eigenvalue weighted by atomic mass is 10.1. The van der Waals surface area contributed by atoms with E-state index >= 15 is 0 Å². The zero-order chi connectivity index (χ0) is 25.9. The van der Waals surface area contributed by atoms with Crippen LogP contribution in [0, 0.1) is 0 Å². The molecule has 0 unspecified atom stereocenters. The summed E-state index contributed by atoms with van der Waals surface area (Å²) in [5.41, 5.74) is 3.33. The highest BCUT2D eigenvalue weighted by Crippen LogP contribution is 2.27. The molecule has 8 nitrogen and oxygen atoms in total. The van der Waals surface area contributed by atoms with Crippen LogP contribution in [0.3, 0.4) is 0 Å². The van der Waals surface area contributed by atoms with E-state index in [1.54, 1.807) is 17.7 Å². The fourth-order valence-electron chi connectivity index (χ4n) is 4.24. The molecule has 0 fully saturated rings. The SMILES string of the molecule is CCc1ccc(NC(=O)[C@H](C)Sc2nnc3n(Cc4ccccc4OC)c(=O)c4ccccc4n23)cc1. The number of methoxy groups -OCH3 is 1. The number of aromatic nitrogens is 4. The Bertz CT molecular complexity index is 1640. The van der Waals surface area contributed by atoms with Gasteiger partial charge in [-0.2, -0.15) is 0 Å². The Morgan fingerprint density at radius 3 is 2.51 bits per heavy atom. The predicted octanol–water partition coefficient (Wildman–Crippen LogP) is 4.78. The summed E-state index contributed by atoms with van der Waals surface area (Å²) in [6.07, 6.45) is 0.941. The van der Waals surface area contributed by atoms with Gasteiger partial charge in [0.25, 0.3) is 5.56 Å². The summed E-state index contributed by atoms with van der Waals surface area (Å²) in [6.45, 7) is 4.19. The summed E-state index contributed by atoms with van der Waals surface area (Å²) in [4.78, 5) is 26.5. The fraction of sp³-hybridized carbons (Fsp3) is 0.214. The van der Waals surface area contributed by atoms with Gasteiger partial charge >= 0.3 is 0 Å². The molecule has 2 aromatic heterocycles. The average molecular weight is 514 g/mol. The first-order chi connectivity index (χ1) is 18.0. The molecule has 0 aliphatic carbocycles. The summed E-state index contributed by atoms with van der Waals surface area (Å²) >= 11 is 1.30. The van der Waals surface area contributed by atoms with Crippen molar-refractivity contribution in [2.45, 2.75) is 37.2 Å². The van der Waals surface area contributed by atoms with Gasteiger partial charge in [0, 0.05) is 11.3 Å². The zero-order valence-corrected chi connectivity index (χ0v) is 21.7. The van der Waals surface area contributed by atoms with Crippen molar-refractivity contribution in [3.63, 3.8) is 0 Å². The van der Waals surface area contributed by atoms with Gasteiger partial charge in [-0.1, -0.05) is 61.2 Å². The highest BCUT2D eigenvalue weighted by atomic mass is 32.2. The molecular weight excluding hydrogens is 486 g/mol. The van der Waals surface area contributed by atoms with Gasteiger partial charge in [0.05, 0.1) is 29.8 Å². The minimum absolute atomic E-state index is 0.141. The van der Waals surface area contributed by atoms with Gasteiger partial charge in [-0.3, -0.25) is 18.6 Å². The third-order valence-electron chi connectivity index (χ3n) is 6.28. The fourth-order valence-corrected chi connectivity index (χ4v) is 5.09. The summed E-state index contributed by atoms with van der Waals surface area (Å²) < 4.78 is 8.93. The summed E-state index contributed by atoms with van der Waals surface area (Å²) in [5.74, 6) is 0.949. The van der Waals surface area contributed by atoms with Crippen molar-refractivity contribution in [1.29, 1.82) is 0 Å². The number of rotatable bonds is 8. The number of benzene rings is 3. The van der Waals surface area contributed by atoms with Crippen LogP contribution in [0.25, 0.3) is 16.7 Å². The molecule has 0 bridgehead atoms. The highest BCUT2D eigenvalue weighted by Gasteiger charge is 2.22. The van der Waals surface area contributed by atoms with Crippen LogP contribution in [0.4, 0.5) is 5.69 Å². The molecule has 0 radical (unpaired) electrons. The Kier molecular flexibility index (Phi) is 6.96. The lowest BCUT2D eigenvalue weighted by molar-refractivity contribution is -0.115. The molecule has 3 aromatic carbocycles. The third kappa shape index (κ3) is 4.82. The van der Waals surface area contributed by atoms with Crippen molar-refractivity contribution in [3.8, 4) is 5.75 Å². The van der Waals surface area contributed by atoms with Crippen molar-refractivity contribution in [3.05, 3.63) is 94.3 Å². The van der Waals surface area contributed by atoms with Crippen LogP contribution in [0.5, 0.6) is 5.75 Å². The molecule has 9 heteroatoms. The molecule has 5 rings (SSSR count). The minimum Gasteiger partial charge on any atom is -0.496 e. The molecule has 0 spiro atoms. The average Bonchev–Trinajstić information content (AvgIpc) is 3.35. The number of amides is 1. The van der Waals surface area contributed by atoms with Crippen LogP contribution < -0.4 is 15.6 Å². The number of nitrogens with one attached hydrogen (secondary N) is 1. The standard InChI is InChI=1S/C28H27N5O3S/c1-4-19-13-15-21(16-14-19)29-25(34)18(2)37-28-31-30-27-32(17-20-9-5-8-12-24(20)36-3)26(35)22-10-6-7-11-23(22)33(27)28/h5-16,18H,4,17H2,1-3H3,(H,29,34)/t18-/m0/s1. The number of carbonyl (C=O) groups is 1. The zero-order valence-electron chi connectivity index (χ0n) is 20.8. The van der Waals surface area contributed by atoms with Crippen molar-refractivity contribution in [2.24, 2.45) is 0 Å². The molecule has 5 aromatic rings. The first kappa shape index (κ1) is 24.6. The Morgan fingerprint density at radius 1 is 1.03 bits per heavy atom. The second-order valence-corrected chi connectivity index (χ2v) is 9.95. The van der Waals surface area contributed by atoms with E-state index in [9.17, 15) is 9.59 Å². The van der Waals surface area contributed by atoms with Crippen LogP contribution in [0.2, 0.25) is 0 Å². The van der Waals surface area contributed by atoms with E-state index in [1.165, 1.54) is 17.3 Å². The van der Waals surface area contributed by atoms with Gasteiger partial charge in [0.1, 0.15) is 5.75 Å². The lowest BCUT2D eigenvalue weighted by Crippen LogP contribution is -2.25. The Hall–Kier alpha value is -4.11. The second-order valence-electron chi connectivity index (χ2n) is 8.64. The summed E-state index contributed by atoms with van der Waals surface area (Å²) in [5, 5.41) is 12.4. The van der Waals surface area contributed by atoms with Crippen LogP contribution >= 0.6 is 11.8 Å². The van der Waals surface area contributed by atoms with Crippen LogP contribution in [-0.2, 0) is 17.8 Å². The maximum Gasteiger partial charge on any atom is 0.263 e. The van der Waals surface area contributed by atoms with Crippen LogP contribution in [-0.4, -0.2) is 37.4 Å². The van der Waals surface area contributed by atoms with Crippen LogP contribution in [0.15, 0.2) is 82.7 Å². The number of hydrogen-bond acceptors (Lipinski definition) is 6. The largest absolute Gasteiger partial charge is 0.496 e. The summed E-state index contributed by atoms with van der Waals surface area (Å²) in [7, 11) is 1.61. The molecule has 188 valence electrons. The first-order valence-electron chi connectivity index (χ1n) is 12.0. The number of ether oxygens (including phenoxy) is 1. The van der Waals surface area contributed by atoms with Crippen molar-refractivity contribution < 1.29 is 9.53 Å². The minimum atomic E-state index is -0.452. The molecule has 1 amide bonds. The molecule has 0 aliphatic heterocycles. The Morgan fingerprint density at radius 2 is 1.76 bits per heavy atom. The number of fused-ring (bicyclic) bond motifs is 3. The van der Waals surface area contributed by atoms with Gasteiger partial charge in [-0.25, -0.2) is 0 Å². The second kappa shape index (κ2) is 10.5. The number of anilines is 1. The number of carbonyl (C=O) groups excluding carboxylic acids is 1. The van der Waals surface area contributed by atoms with E-state index in [0.717, 1.165) is 17.7 Å². The number of para-hydroxylation sites is 2. The summed E-state index contributed by atoms with van der Waals surface area (Å²) in [6, 6.07) is 22.8. The van der Waals surface area contributed by atoms with Gasteiger partial charge in [-0.05, 0) is 49.2 Å². The van der Waals surface area contributed by atoms with Crippen molar-refractivity contribution in [1.82, 2.24) is 19.2 Å². The number of thioether (sulfide) groups is 1. The molecule has 0 saturated heterocycles. The third-order valence-corrected chi connectivity index (χ3v) is 7.32. The number of hydrogen-bond donors (Lipinski definition) is 1. The molecule has 37 heavy (non-hydrogen) atoms. The molecular formula is C28H27N5O3S. The Labute approximate surface area is 218 Å². The molecule has 0 aliphatic rings. The van der Waals surface area contributed by atoms with Gasteiger partial charge < -0.3 is 10.1 Å². The Balaban J connectivity index is 1.51. The van der Waals surface area contributed by atoms with E-state index in [4.69, 9.17) is 4.74 Å². The maximum absolute atomic E-state index is 13.5. The number of aryl methyl sites for hydroxylation is 1. The van der Waals surface area contributed by atoms with E-state index in [1.807, 2.05) is 78.1 Å². The maximum atomic E-state index is 13.5. The molecule has 1 N–H and O–H groups in total. The van der Waals surface area contributed by atoms with E-state index in [2.05, 4.69) is 22.4 Å². The smallest absolute Gasteiger partial charge is 0.263 e. The number of nitrogens with zero attached hydrogens (tertiary/aromatic N) is 4. The molecule has 1 atom stereocenters. The lowest BCUT2D eigenvalue weighted by Gasteiger charge is -2.14. The van der Waals surface area contributed by atoms with Gasteiger partial charge in [0.2, 0.25) is 11.7 Å². The predicted molar refractivity (Wildman–Crippen MR) is 147 cm³/mol. The van der Waals surface area contributed by atoms with Crippen molar-refractivity contribution >= 4 is 40.0 Å². The van der Waals surface area contributed by atoms with E-state index in [0.29, 0.717) is 27.6 Å². The van der Waals surface area contributed by atoms with Crippen molar-refractivity contribution in [2.75, 3.05) is 12.4 Å². The normalized spacial score (nSPS) is 12.1. The molecule has 2 heterocycles. The highest BCUT2D eigenvalue weighted by molar-refractivity contribution is 8.00. The van der Waals surface area contributed by atoms with Gasteiger partial charge in [-0.15, -0.1) is 10.2 Å². The van der Waals surface area contributed by atoms with E-state index in [-0.39, 0.29) is 18.0 Å². The van der Waals surface area contributed by atoms with E-state index < -0.39 is 5.25 Å². The topological polar surface area (TPSA) is 90.5 Å².